The molecular weight excluding hydrogens is 344 g/mol. The van der Waals surface area contributed by atoms with Gasteiger partial charge in [-0.15, -0.1) is 0 Å². The second-order valence-corrected chi connectivity index (χ2v) is 7.94. The maximum Gasteiger partial charge on any atom is 0.329 e. The van der Waals surface area contributed by atoms with Gasteiger partial charge in [0.15, 0.2) is 0 Å². The van der Waals surface area contributed by atoms with E-state index in [1.807, 2.05) is 18.2 Å². The number of rotatable bonds is 6. The first-order valence-electron chi connectivity index (χ1n) is 10.0. The number of nitrogens with one attached hydrogen (secondary N) is 1. The zero-order chi connectivity index (χ0) is 19.3. The first-order valence-corrected chi connectivity index (χ1v) is 10.0. The van der Waals surface area contributed by atoms with Crippen LogP contribution >= 0.6 is 0 Å². The van der Waals surface area contributed by atoms with E-state index in [1.54, 1.807) is 4.90 Å². The van der Waals surface area contributed by atoms with E-state index >= 15 is 0 Å². The fourth-order valence-corrected chi connectivity index (χ4v) is 4.34. The molecule has 2 aliphatic rings. The van der Waals surface area contributed by atoms with Crippen LogP contribution in [-0.2, 0) is 11.2 Å². The molecule has 6 nitrogen and oxygen atoms in total. The van der Waals surface area contributed by atoms with Crippen molar-refractivity contribution in [2.45, 2.75) is 63.0 Å². The van der Waals surface area contributed by atoms with Gasteiger partial charge in [-0.3, -0.25) is 0 Å². The molecule has 1 heterocycles. The van der Waals surface area contributed by atoms with E-state index in [-0.39, 0.29) is 18.1 Å². The quantitative estimate of drug-likeness (QED) is 0.714. The molecule has 0 bridgehead atoms. The van der Waals surface area contributed by atoms with E-state index < -0.39 is 11.5 Å². The normalized spacial score (nSPS) is 21.0. The van der Waals surface area contributed by atoms with Crippen LogP contribution in [-0.4, -0.2) is 51.8 Å². The number of aryl methyl sites for hydroxylation is 1. The monoisotopic (exact) mass is 374 g/mol. The van der Waals surface area contributed by atoms with Crippen LogP contribution in [0.25, 0.3) is 0 Å². The lowest BCUT2D eigenvalue weighted by Gasteiger charge is -2.36. The van der Waals surface area contributed by atoms with Crippen molar-refractivity contribution in [1.82, 2.24) is 10.2 Å². The minimum absolute atomic E-state index is 0.192. The number of likely N-dealkylation sites (tertiary alicyclic amines) is 1. The number of carboxylic acids is 1. The van der Waals surface area contributed by atoms with E-state index in [2.05, 4.69) is 17.4 Å². The fourth-order valence-electron chi connectivity index (χ4n) is 4.34. The molecule has 2 amide bonds. The molecule has 27 heavy (non-hydrogen) atoms. The Labute approximate surface area is 160 Å². The van der Waals surface area contributed by atoms with Crippen LogP contribution in [0.5, 0.6) is 0 Å². The maximum absolute atomic E-state index is 12.5. The summed E-state index contributed by atoms with van der Waals surface area (Å²) in [5.74, 6) is -0.739. The number of carboxylic acid groups (broad SMARTS) is 1. The Bertz CT molecular complexity index is 635. The van der Waals surface area contributed by atoms with Crippen molar-refractivity contribution in [3.05, 3.63) is 35.9 Å². The Kier molecular flexibility index (Phi) is 6.37. The Morgan fingerprint density at radius 1 is 1.15 bits per heavy atom. The van der Waals surface area contributed by atoms with E-state index in [0.717, 1.165) is 38.5 Å². The third kappa shape index (κ3) is 4.80. The van der Waals surface area contributed by atoms with Crippen LogP contribution in [0, 0.1) is 5.92 Å². The lowest BCUT2D eigenvalue weighted by atomic mass is 9.88. The van der Waals surface area contributed by atoms with Gasteiger partial charge in [-0.25, -0.2) is 9.59 Å². The molecule has 3 rings (SSSR count). The maximum atomic E-state index is 12.5. The Balaban J connectivity index is 1.45. The van der Waals surface area contributed by atoms with Crippen LogP contribution in [0.1, 0.15) is 50.5 Å². The summed E-state index contributed by atoms with van der Waals surface area (Å²) in [6.07, 6.45) is 5.39. The SMILES string of the molecule is O=C(NC1(C(=O)O)CCCC1)N1CCC([C@H](O)CCc2ccccc2)CC1. The summed E-state index contributed by atoms with van der Waals surface area (Å²) < 4.78 is 0. The zero-order valence-corrected chi connectivity index (χ0v) is 15.8. The number of hydrogen-bond donors (Lipinski definition) is 3. The molecule has 0 unspecified atom stereocenters. The Hall–Kier alpha value is -2.08. The molecule has 0 aromatic heterocycles. The highest BCUT2D eigenvalue weighted by molar-refractivity contribution is 5.86. The van der Waals surface area contributed by atoms with Gasteiger partial charge in [-0.05, 0) is 50.0 Å². The van der Waals surface area contributed by atoms with Gasteiger partial charge in [0.1, 0.15) is 5.54 Å². The van der Waals surface area contributed by atoms with Crippen LogP contribution in [0.15, 0.2) is 30.3 Å². The first kappa shape index (κ1) is 19.7. The van der Waals surface area contributed by atoms with Crippen molar-refractivity contribution in [1.29, 1.82) is 0 Å². The minimum atomic E-state index is -1.09. The average molecular weight is 374 g/mol. The Morgan fingerprint density at radius 2 is 1.78 bits per heavy atom. The molecule has 0 spiro atoms. The number of aliphatic hydroxyl groups excluding tert-OH is 1. The van der Waals surface area contributed by atoms with Crippen LogP contribution < -0.4 is 5.32 Å². The van der Waals surface area contributed by atoms with Gasteiger partial charge in [0.2, 0.25) is 0 Å². The summed E-state index contributed by atoms with van der Waals surface area (Å²) in [6, 6.07) is 9.86. The largest absolute Gasteiger partial charge is 0.480 e. The molecule has 1 saturated heterocycles. The van der Waals surface area contributed by atoms with Crippen molar-refractivity contribution in [3.63, 3.8) is 0 Å². The van der Waals surface area contributed by atoms with Gasteiger partial charge in [0.05, 0.1) is 6.10 Å². The third-order valence-corrected chi connectivity index (χ3v) is 6.16. The number of aliphatic carboxylic acids is 1. The number of carbonyl (C=O) groups is 2. The summed E-state index contributed by atoms with van der Waals surface area (Å²) in [4.78, 5) is 25.8. The van der Waals surface area contributed by atoms with Gasteiger partial charge >= 0.3 is 12.0 Å². The van der Waals surface area contributed by atoms with Crippen molar-refractivity contribution < 1.29 is 19.8 Å². The highest BCUT2D eigenvalue weighted by Gasteiger charge is 2.43. The number of urea groups is 1. The third-order valence-electron chi connectivity index (χ3n) is 6.16. The van der Waals surface area contributed by atoms with Crippen LogP contribution in [0.4, 0.5) is 4.79 Å². The number of aliphatic hydroxyl groups is 1. The van der Waals surface area contributed by atoms with Crippen LogP contribution in [0.2, 0.25) is 0 Å². The predicted molar refractivity (Wildman–Crippen MR) is 102 cm³/mol. The molecule has 1 saturated carbocycles. The number of benzene rings is 1. The van der Waals surface area contributed by atoms with Crippen molar-refractivity contribution in [2.24, 2.45) is 5.92 Å². The highest BCUT2D eigenvalue weighted by Crippen LogP contribution is 2.31. The van der Waals surface area contributed by atoms with Gasteiger partial charge in [0, 0.05) is 13.1 Å². The standard InChI is InChI=1S/C21H30N2O4/c24-18(9-8-16-6-2-1-3-7-16)17-10-14-23(15-11-17)20(27)22-21(19(25)26)12-4-5-13-21/h1-3,6-7,17-18,24H,4-5,8-15H2,(H,22,27)(H,25,26)/t18-/m1/s1. The molecule has 1 aliphatic heterocycles. The van der Waals surface area contributed by atoms with E-state index in [0.29, 0.717) is 25.9 Å². The summed E-state index contributed by atoms with van der Waals surface area (Å²) >= 11 is 0. The van der Waals surface area contributed by atoms with Crippen molar-refractivity contribution >= 4 is 12.0 Å². The molecule has 1 aliphatic carbocycles. The average Bonchev–Trinajstić information content (AvgIpc) is 3.17. The Morgan fingerprint density at radius 3 is 2.37 bits per heavy atom. The van der Waals surface area contributed by atoms with Gasteiger partial charge in [0.25, 0.3) is 0 Å². The zero-order valence-electron chi connectivity index (χ0n) is 15.8. The van der Waals surface area contributed by atoms with Crippen molar-refractivity contribution in [2.75, 3.05) is 13.1 Å². The minimum Gasteiger partial charge on any atom is -0.480 e. The number of carbonyl (C=O) groups excluding carboxylic acids is 1. The van der Waals surface area contributed by atoms with Crippen molar-refractivity contribution in [3.8, 4) is 0 Å². The van der Waals surface area contributed by atoms with Gasteiger partial charge in [-0.1, -0.05) is 43.2 Å². The lowest BCUT2D eigenvalue weighted by molar-refractivity contribution is -0.144. The summed E-state index contributed by atoms with van der Waals surface area (Å²) in [5, 5.41) is 22.8. The lowest BCUT2D eigenvalue weighted by Crippen LogP contribution is -2.57. The van der Waals surface area contributed by atoms with Crippen LogP contribution in [0.3, 0.4) is 0 Å². The molecule has 2 fully saturated rings. The summed E-state index contributed by atoms with van der Waals surface area (Å²) in [5.41, 5.74) is 0.132. The molecular formula is C21H30N2O4. The van der Waals surface area contributed by atoms with E-state index in [9.17, 15) is 19.8 Å². The second-order valence-electron chi connectivity index (χ2n) is 7.94. The molecule has 6 heteroatoms. The summed E-state index contributed by atoms with van der Waals surface area (Å²) in [7, 11) is 0. The molecule has 3 N–H and O–H groups in total. The molecule has 1 aromatic rings. The van der Waals surface area contributed by atoms with E-state index in [4.69, 9.17) is 0 Å². The number of piperidine rings is 1. The fraction of sp³-hybridized carbons (Fsp3) is 0.619. The summed E-state index contributed by atoms with van der Waals surface area (Å²) in [6.45, 7) is 1.13. The first-order chi connectivity index (χ1) is 13.0. The molecule has 1 atom stereocenters. The molecule has 148 valence electrons. The topological polar surface area (TPSA) is 89.9 Å². The van der Waals surface area contributed by atoms with Gasteiger partial charge < -0.3 is 20.4 Å². The molecule has 0 radical (unpaired) electrons. The number of hydrogen-bond acceptors (Lipinski definition) is 3. The second kappa shape index (κ2) is 8.74. The van der Waals surface area contributed by atoms with Gasteiger partial charge in [-0.2, -0.15) is 0 Å². The number of amides is 2. The number of nitrogens with zero attached hydrogens (tertiary/aromatic N) is 1. The molecule has 1 aromatic carbocycles. The van der Waals surface area contributed by atoms with E-state index in [1.165, 1.54) is 5.56 Å². The highest BCUT2D eigenvalue weighted by atomic mass is 16.4. The predicted octanol–water partition coefficient (Wildman–Crippen LogP) is 2.80. The smallest absolute Gasteiger partial charge is 0.329 e.